The van der Waals surface area contributed by atoms with E-state index in [1.54, 1.807) is 6.20 Å². The van der Waals surface area contributed by atoms with Crippen LogP contribution in [0.4, 0.5) is 17.1 Å². The molecule has 3 nitrogen and oxygen atoms in total. The fraction of sp³-hybridized carbons (Fsp3) is 0.0714. The lowest BCUT2D eigenvalue weighted by Gasteiger charge is -2.28. The molecule has 0 amide bonds. The normalized spacial score (nSPS) is 11.0. The number of para-hydroxylation sites is 2. The summed E-state index contributed by atoms with van der Waals surface area (Å²) in [7, 11) is 0. The van der Waals surface area contributed by atoms with Crippen molar-refractivity contribution >= 4 is 70.4 Å². The molecule has 358 valence electrons. The van der Waals surface area contributed by atoms with Gasteiger partial charge in [-0.1, -0.05) is 187 Å². The summed E-state index contributed by atoms with van der Waals surface area (Å²) >= 11 is 1.92. The van der Waals surface area contributed by atoms with Gasteiger partial charge in [0.05, 0.1) is 21.4 Å². The summed E-state index contributed by atoms with van der Waals surface area (Å²) in [5.41, 5.74) is 21.0. The van der Waals surface area contributed by atoms with E-state index in [0.717, 1.165) is 28.2 Å². The van der Waals surface area contributed by atoms with E-state index in [1.807, 2.05) is 41.8 Å². The maximum Gasteiger partial charge on any atom is 0.0722 e. The quantitative estimate of drug-likeness (QED) is 0.159. The molecule has 13 aromatic rings. The number of nitrogens with zero attached hydrogens (tertiary/aromatic N) is 3. The van der Waals surface area contributed by atoms with Gasteiger partial charge in [-0.2, -0.15) is 0 Å². The number of aryl methyl sites for hydroxylation is 5. The van der Waals surface area contributed by atoms with E-state index in [-0.39, 0.29) is 0 Å². The van der Waals surface area contributed by atoms with E-state index in [0.29, 0.717) is 0 Å². The Bertz CT molecular complexity index is 3940. The second-order valence-electron chi connectivity index (χ2n) is 19.0. The van der Waals surface area contributed by atoms with Crippen molar-refractivity contribution < 1.29 is 0 Å². The van der Waals surface area contributed by atoms with Crippen LogP contribution in [0.1, 0.15) is 27.8 Å². The number of rotatable bonds is 7. The van der Waals surface area contributed by atoms with Gasteiger partial charge < -0.3 is 9.47 Å². The molecule has 4 heteroatoms. The van der Waals surface area contributed by atoms with Crippen molar-refractivity contribution in [3.8, 4) is 39.1 Å². The first kappa shape index (κ1) is 47.5. The Balaban J connectivity index is 0.000000144. The van der Waals surface area contributed by atoms with Crippen LogP contribution in [0.15, 0.2) is 255 Å². The topological polar surface area (TPSA) is 21.1 Å². The van der Waals surface area contributed by atoms with Crippen molar-refractivity contribution in [3.05, 3.63) is 283 Å². The number of hydrogen-bond donors (Lipinski definition) is 0. The molecular weight excluding hydrogens is 915 g/mol. The molecule has 0 aliphatic heterocycles. The lowest BCUT2D eigenvalue weighted by atomic mass is 9.97. The number of thiophene rings is 1. The van der Waals surface area contributed by atoms with Crippen molar-refractivity contribution in [2.75, 3.05) is 4.90 Å². The molecule has 3 heterocycles. The molecule has 0 unspecified atom stereocenters. The van der Waals surface area contributed by atoms with Crippen LogP contribution >= 0.6 is 11.3 Å². The molecular formula is C70H57N3S. The highest BCUT2D eigenvalue weighted by Gasteiger charge is 2.22. The van der Waals surface area contributed by atoms with E-state index in [4.69, 9.17) is 0 Å². The van der Waals surface area contributed by atoms with Gasteiger partial charge >= 0.3 is 0 Å². The van der Waals surface area contributed by atoms with Crippen molar-refractivity contribution in [3.63, 3.8) is 0 Å². The molecule has 3 aromatic heterocycles. The summed E-state index contributed by atoms with van der Waals surface area (Å²) in [5, 5.41) is 5.52. The van der Waals surface area contributed by atoms with Gasteiger partial charge in [0.25, 0.3) is 0 Å². The van der Waals surface area contributed by atoms with Crippen molar-refractivity contribution in [1.29, 1.82) is 0 Å². The number of hydrogen-bond acceptors (Lipinski definition) is 3. The average Bonchev–Trinajstić information content (AvgIpc) is 4.02. The van der Waals surface area contributed by atoms with Crippen molar-refractivity contribution in [2.24, 2.45) is 0 Å². The Morgan fingerprint density at radius 1 is 0.419 bits per heavy atom. The van der Waals surface area contributed by atoms with E-state index >= 15 is 0 Å². The Morgan fingerprint density at radius 2 is 0.973 bits per heavy atom. The van der Waals surface area contributed by atoms with Crippen LogP contribution in [0.3, 0.4) is 0 Å². The first-order valence-electron chi connectivity index (χ1n) is 25.4. The highest BCUT2D eigenvalue weighted by molar-refractivity contribution is 7.26. The van der Waals surface area contributed by atoms with Gasteiger partial charge in [0.2, 0.25) is 0 Å². The summed E-state index contributed by atoms with van der Waals surface area (Å²) in [6.45, 7) is 11.0. The summed E-state index contributed by atoms with van der Waals surface area (Å²) in [6.07, 6.45) is 3.71. The second-order valence-corrected chi connectivity index (χ2v) is 20.0. The molecule has 0 fully saturated rings. The Kier molecular flexibility index (Phi) is 13.5. The van der Waals surface area contributed by atoms with Crippen LogP contribution < -0.4 is 4.90 Å². The fourth-order valence-electron chi connectivity index (χ4n) is 10.3. The number of pyridine rings is 1. The minimum atomic E-state index is 1.10. The highest BCUT2D eigenvalue weighted by atomic mass is 32.1. The van der Waals surface area contributed by atoms with Crippen LogP contribution in [0.2, 0.25) is 0 Å². The minimum absolute atomic E-state index is 1.10. The van der Waals surface area contributed by atoms with Gasteiger partial charge in [0.15, 0.2) is 0 Å². The molecule has 74 heavy (non-hydrogen) atoms. The molecule has 0 N–H and O–H groups in total. The van der Waals surface area contributed by atoms with Gasteiger partial charge in [-0.3, -0.25) is 4.98 Å². The summed E-state index contributed by atoms with van der Waals surface area (Å²) < 4.78 is 5.22. The van der Waals surface area contributed by atoms with Crippen LogP contribution in [0.5, 0.6) is 0 Å². The maximum absolute atomic E-state index is 4.29. The van der Waals surface area contributed by atoms with Crippen LogP contribution in [-0.2, 0) is 0 Å². The van der Waals surface area contributed by atoms with Crippen LogP contribution in [0.25, 0.3) is 81.0 Å². The maximum atomic E-state index is 4.29. The molecule has 0 atom stereocenters. The third-order valence-corrected chi connectivity index (χ3v) is 15.3. The zero-order chi connectivity index (χ0) is 50.5. The summed E-state index contributed by atoms with van der Waals surface area (Å²) in [6, 6.07) is 86.1. The Morgan fingerprint density at radius 3 is 1.62 bits per heavy atom. The number of anilines is 3. The smallest absolute Gasteiger partial charge is 0.0722 e. The first-order chi connectivity index (χ1) is 36.3. The van der Waals surface area contributed by atoms with Gasteiger partial charge in [0, 0.05) is 61.3 Å². The standard InChI is InChI=1S/C36H28N2.C27H21NS.C7H8/c1-27-10-5-6-14-34(27)35-15-7-8-16-36(35)38(32-21-17-29(18-22-32)28-11-3-2-4-12-28)33-23-19-30(20-24-33)31-13-9-25-37-26-31;1-16-13-14-22-21(15-16)24-17(2)18(3)25-20-11-7-8-12-23(20)29-27(25)26(24)28(22)19-9-5-4-6-10-19;1-7-5-3-2-4-6-7/h2-26H,1H3;4-15H,1-3H3;2-6H,1H3. The van der Waals surface area contributed by atoms with Gasteiger partial charge in [-0.25, -0.2) is 0 Å². The summed E-state index contributed by atoms with van der Waals surface area (Å²) in [4.78, 5) is 6.64. The molecule has 0 saturated heterocycles. The largest absolute Gasteiger partial charge is 0.310 e. The fourth-order valence-corrected chi connectivity index (χ4v) is 11.6. The highest BCUT2D eigenvalue weighted by Crippen LogP contribution is 2.47. The Labute approximate surface area is 438 Å². The number of fused-ring (bicyclic) bond motifs is 7. The van der Waals surface area contributed by atoms with Crippen molar-refractivity contribution in [2.45, 2.75) is 34.6 Å². The SMILES string of the molecule is Cc1ccc2c(c1)c1c(C)c(C)c3c4ccccc4sc3c1n2-c1ccccc1.Cc1ccccc1.Cc1ccccc1-c1ccccc1N(c1ccc(-c2ccccc2)cc1)c1ccc(-c2cccnc2)cc1. The third kappa shape index (κ3) is 9.40. The zero-order valence-electron chi connectivity index (χ0n) is 42.5. The lowest BCUT2D eigenvalue weighted by molar-refractivity contribution is 1.19. The molecule has 0 aliphatic rings. The van der Waals surface area contributed by atoms with Gasteiger partial charge in [0.1, 0.15) is 0 Å². The zero-order valence-corrected chi connectivity index (χ0v) is 43.3. The van der Waals surface area contributed by atoms with E-state index in [1.165, 1.54) is 97.7 Å². The van der Waals surface area contributed by atoms with Gasteiger partial charge in [-0.15, -0.1) is 11.3 Å². The average molecular weight is 972 g/mol. The molecule has 0 bridgehead atoms. The number of benzene rings is 10. The lowest BCUT2D eigenvalue weighted by Crippen LogP contribution is -2.11. The van der Waals surface area contributed by atoms with E-state index in [2.05, 4.69) is 267 Å². The predicted molar refractivity (Wildman–Crippen MR) is 319 cm³/mol. The molecule has 0 spiro atoms. The van der Waals surface area contributed by atoms with Crippen LogP contribution in [0, 0.1) is 34.6 Å². The molecule has 0 radical (unpaired) electrons. The third-order valence-electron chi connectivity index (χ3n) is 14.1. The summed E-state index contributed by atoms with van der Waals surface area (Å²) in [5.74, 6) is 0. The predicted octanol–water partition coefficient (Wildman–Crippen LogP) is 19.9. The molecule has 0 saturated carbocycles. The molecule has 13 rings (SSSR count). The first-order valence-corrected chi connectivity index (χ1v) is 26.2. The monoisotopic (exact) mass is 971 g/mol. The van der Waals surface area contributed by atoms with E-state index in [9.17, 15) is 0 Å². The Hall–Kier alpha value is -8.83. The molecule has 10 aromatic carbocycles. The van der Waals surface area contributed by atoms with Crippen LogP contribution in [-0.4, -0.2) is 9.55 Å². The van der Waals surface area contributed by atoms with Gasteiger partial charge in [-0.05, 0) is 146 Å². The molecule has 0 aliphatic carbocycles. The van der Waals surface area contributed by atoms with Crippen molar-refractivity contribution in [1.82, 2.24) is 9.55 Å². The minimum Gasteiger partial charge on any atom is -0.310 e. The van der Waals surface area contributed by atoms with E-state index < -0.39 is 0 Å². The number of aromatic nitrogens is 2. The second kappa shape index (κ2) is 21.1.